The molecule has 1 fully saturated rings. The first-order chi connectivity index (χ1) is 11.8. The van der Waals surface area contributed by atoms with E-state index in [0.29, 0.717) is 19.8 Å². The molecule has 1 unspecified atom stereocenters. The Morgan fingerprint density at radius 2 is 1.42 bits per heavy atom. The van der Waals surface area contributed by atoms with Gasteiger partial charge in [0.05, 0.1) is 40.1 Å². The Labute approximate surface area is 142 Å². The smallest absolute Gasteiger partial charge is 0.118 e. The standard InChI is InChI=1S/C20H22O4/c1-21-17-7-3-15(4-8-17)20(13-19-14-23-11-12-24-19)16-5-9-18(22-2)10-6-16/h3-10,13,19H,11-12,14H2,1-2H3. The maximum atomic E-state index is 5.79. The van der Waals surface area contributed by atoms with Gasteiger partial charge >= 0.3 is 0 Å². The van der Waals surface area contributed by atoms with Crippen LogP contribution >= 0.6 is 0 Å². The van der Waals surface area contributed by atoms with Crippen molar-refractivity contribution >= 4 is 5.57 Å². The molecule has 0 saturated carbocycles. The van der Waals surface area contributed by atoms with Gasteiger partial charge in [0.2, 0.25) is 0 Å². The molecule has 0 bridgehead atoms. The molecule has 0 aliphatic carbocycles. The van der Waals surface area contributed by atoms with Gasteiger partial charge < -0.3 is 18.9 Å². The van der Waals surface area contributed by atoms with Crippen LogP contribution < -0.4 is 9.47 Å². The Morgan fingerprint density at radius 3 is 1.83 bits per heavy atom. The van der Waals surface area contributed by atoms with E-state index in [4.69, 9.17) is 18.9 Å². The molecular formula is C20H22O4. The van der Waals surface area contributed by atoms with E-state index in [9.17, 15) is 0 Å². The highest BCUT2D eigenvalue weighted by atomic mass is 16.6. The van der Waals surface area contributed by atoms with E-state index >= 15 is 0 Å². The fourth-order valence-corrected chi connectivity index (χ4v) is 2.69. The van der Waals surface area contributed by atoms with Crippen molar-refractivity contribution in [1.29, 1.82) is 0 Å². The molecule has 0 spiro atoms. The Balaban J connectivity index is 1.96. The Morgan fingerprint density at radius 1 is 0.875 bits per heavy atom. The van der Waals surface area contributed by atoms with Crippen molar-refractivity contribution in [2.24, 2.45) is 0 Å². The van der Waals surface area contributed by atoms with E-state index in [-0.39, 0.29) is 6.10 Å². The van der Waals surface area contributed by atoms with Gasteiger partial charge in [-0.05, 0) is 47.0 Å². The van der Waals surface area contributed by atoms with Crippen molar-refractivity contribution in [1.82, 2.24) is 0 Å². The largest absolute Gasteiger partial charge is 0.497 e. The molecule has 1 heterocycles. The number of rotatable bonds is 5. The first-order valence-electron chi connectivity index (χ1n) is 8.00. The van der Waals surface area contributed by atoms with Crippen LogP contribution in [0.4, 0.5) is 0 Å². The zero-order chi connectivity index (χ0) is 16.8. The predicted molar refractivity (Wildman–Crippen MR) is 93.6 cm³/mol. The lowest BCUT2D eigenvalue weighted by Gasteiger charge is -2.22. The van der Waals surface area contributed by atoms with Gasteiger partial charge in [0.1, 0.15) is 11.5 Å². The van der Waals surface area contributed by atoms with Crippen molar-refractivity contribution < 1.29 is 18.9 Å². The van der Waals surface area contributed by atoms with Gasteiger partial charge in [0, 0.05) is 0 Å². The van der Waals surface area contributed by atoms with E-state index < -0.39 is 0 Å². The van der Waals surface area contributed by atoms with Gasteiger partial charge in [-0.1, -0.05) is 24.3 Å². The van der Waals surface area contributed by atoms with Crippen LogP contribution in [0.2, 0.25) is 0 Å². The Hall–Kier alpha value is -2.30. The predicted octanol–water partition coefficient (Wildman–Crippen LogP) is 3.55. The summed E-state index contributed by atoms with van der Waals surface area (Å²) in [6, 6.07) is 16.1. The topological polar surface area (TPSA) is 36.9 Å². The molecule has 1 atom stereocenters. The summed E-state index contributed by atoms with van der Waals surface area (Å²) in [7, 11) is 3.34. The molecule has 1 aliphatic heterocycles. The summed E-state index contributed by atoms with van der Waals surface area (Å²) in [4.78, 5) is 0. The van der Waals surface area contributed by atoms with Crippen LogP contribution in [0.3, 0.4) is 0 Å². The molecule has 2 aromatic rings. The van der Waals surface area contributed by atoms with E-state index in [1.807, 2.05) is 24.3 Å². The van der Waals surface area contributed by atoms with Crippen molar-refractivity contribution in [3.63, 3.8) is 0 Å². The van der Waals surface area contributed by atoms with Crippen molar-refractivity contribution in [2.45, 2.75) is 6.10 Å². The zero-order valence-electron chi connectivity index (χ0n) is 14.0. The second kappa shape index (κ2) is 7.99. The van der Waals surface area contributed by atoms with Gasteiger partial charge in [0.25, 0.3) is 0 Å². The van der Waals surface area contributed by atoms with Gasteiger partial charge in [-0.15, -0.1) is 0 Å². The van der Waals surface area contributed by atoms with Crippen molar-refractivity contribution in [2.75, 3.05) is 34.0 Å². The number of hydrogen-bond acceptors (Lipinski definition) is 4. The Bertz CT molecular complexity index is 618. The quantitative estimate of drug-likeness (QED) is 0.842. The minimum absolute atomic E-state index is 0.0436. The third kappa shape index (κ3) is 3.96. The average Bonchev–Trinajstić information content (AvgIpc) is 2.67. The summed E-state index contributed by atoms with van der Waals surface area (Å²) in [6.07, 6.45) is 2.08. The minimum Gasteiger partial charge on any atom is -0.497 e. The van der Waals surface area contributed by atoms with E-state index in [1.54, 1.807) is 14.2 Å². The van der Waals surface area contributed by atoms with Crippen LogP contribution in [-0.4, -0.2) is 40.1 Å². The second-order valence-electron chi connectivity index (χ2n) is 5.52. The molecule has 1 aliphatic rings. The molecule has 0 amide bonds. The van der Waals surface area contributed by atoms with Crippen molar-refractivity contribution in [3.8, 4) is 11.5 Å². The van der Waals surface area contributed by atoms with Crippen LogP contribution in [0.1, 0.15) is 11.1 Å². The molecule has 3 rings (SSSR count). The van der Waals surface area contributed by atoms with Crippen LogP contribution in [-0.2, 0) is 9.47 Å². The van der Waals surface area contributed by atoms with E-state index in [1.165, 1.54) is 0 Å². The SMILES string of the molecule is COc1ccc(C(=CC2COCCO2)c2ccc(OC)cc2)cc1. The summed E-state index contributed by atoms with van der Waals surface area (Å²) < 4.78 is 21.8. The van der Waals surface area contributed by atoms with Crippen molar-refractivity contribution in [3.05, 3.63) is 65.7 Å². The third-order valence-electron chi connectivity index (χ3n) is 4.00. The number of hydrogen-bond donors (Lipinski definition) is 0. The molecule has 126 valence electrons. The molecule has 0 aromatic heterocycles. The van der Waals surface area contributed by atoms with E-state index in [0.717, 1.165) is 28.2 Å². The average molecular weight is 326 g/mol. The van der Waals surface area contributed by atoms with Crippen LogP contribution in [0, 0.1) is 0 Å². The highest BCUT2D eigenvalue weighted by Gasteiger charge is 2.15. The molecule has 4 nitrogen and oxygen atoms in total. The molecule has 0 N–H and O–H groups in total. The van der Waals surface area contributed by atoms with Gasteiger partial charge in [-0.3, -0.25) is 0 Å². The highest BCUT2D eigenvalue weighted by molar-refractivity contribution is 5.80. The first kappa shape index (κ1) is 16.6. The second-order valence-corrected chi connectivity index (χ2v) is 5.52. The maximum Gasteiger partial charge on any atom is 0.118 e. The summed E-state index contributed by atoms with van der Waals surface area (Å²) in [5, 5.41) is 0. The lowest BCUT2D eigenvalue weighted by molar-refractivity contribution is -0.0673. The summed E-state index contributed by atoms with van der Waals surface area (Å²) in [5.74, 6) is 1.68. The summed E-state index contributed by atoms with van der Waals surface area (Å²) in [6.45, 7) is 1.86. The number of benzene rings is 2. The molecule has 1 saturated heterocycles. The van der Waals surface area contributed by atoms with Gasteiger partial charge in [-0.2, -0.15) is 0 Å². The lowest BCUT2D eigenvalue weighted by Crippen LogP contribution is -2.27. The molecule has 4 heteroatoms. The molecule has 2 aromatic carbocycles. The summed E-state index contributed by atoms with van der Waals surface area (Å²) >= 11 is 0. The van der Waals surface area contributed by atoms with Gasteiger partial charge in [0.15, 0.2) is 0 Å². The first-order valence-corrected chi connectivity index (χ1v) is 8.00. The zero-order valence-corrected chi connectivity index (χ0v) is 14.0. The minimum atomic E-state index is -0.0436. The Kier molecular flexibility index (Phi) is 5.51. The number of methoxy groups -OCH3 is 2. The van der Waals surface area contributed by atoms with Crippen LogP contribution in [0.15, 0.2) is 54.6 Å². The van der Waals surface area contributed by atoms with Crippen LogP contribution in [0.5, 0.6) is 11.5 Å². The third-order valence-corrected chi connectivity index (χ3v) is 4.00. The molecule has 0 radical (unpaired) electrons. The number of ether oxygens (including phenoxy) is 4. The fraction of sp³-hybridized carbons (Fsp3) is 0.300. The van der Waals surface area contributed by atoms with Gasteiger partial charge in [-0.25, -0.2) is 0 Å². The maximum absolute atomic E-state index is 5.79. The summed E-state index contributed by atoms with van der Waals surface area (Å²) in [5.41, 5.74) is 3.32. The fourth-order valence-electron chi connectivity index (χ4n) is 2.69. The van der Waals surface area contributed by atoms with E-state index in [2.05, 4.69) is 30.3 Å². The molecule has 24 heavy (non-hydrogen) atoms. The lowest BCUT2D eigenvalue weighted by atomic mass is 9.96. The molecular weight excluding hydrogens is 304 g/mol. The monoisotopic (exact) mass is 326 g/mol. The normalized spacial score (nSPS) is 17.2. The van der Waals surface area contributed by atoms with Crippen LogP contribution in [0.25, 0.3) is 5.57 Å². The highest BCUT2D eigenvalue weighted by Crippen LogP contribution is 2.28.